The minimum atomic E-state index is 0.635. The summed E-state index contributed by atoms with van der Waals surface area (Å²) in [6, 6.07) is 3.32. The molecule has 1 unspecified atom stereocenters. The molecule has 4 heteroatoms. The van der Waals surface area contributed by atoms with Crippen LogP contribution in [0.3, 0.4) is 0 Å². The lowest BCUT2D eigenvalue weighted by molar-refractivity contribution is 0.268. The van der Waals surface area contributed by atoms with Crippen LogP contribution in [0.1, 0.15) is 26.0 Å². The Bertz CT molecular complexity index is 281. The van der Waals surface area contributed by atoms with Gasteiger partial charge in [0.25, 0.3) is 0 Å². The predicted molar refractivity (Wildman–Crippen MR) is 60.5 cm³/mol. The highest BCUT2D eigenvalue weighted by Crippen LogP contribution is 2.12. The predicted octanol–water partition coefficient (Wildman–Crippen LogP) is 0.982. The molecule has 1 fully saturated rings. The number of hydrogen-bond donors (Lipinski definition) is 2. The third-order valence-electron chi connectivity index (χ3n) is 3.09. The molecule has 0 aliphatic carbocycles. The second kappa shape index (κ2) is 4.77. The number of H-pyrrole nitrogens is 1. The second-order valence-electron chi connectivity index (χ2n) is 4.54. The standard InChI is InChI=1S/C11H20N4/c1-9(2)15-6-4-11(8-15)12-7-10-3-5-13-14-10/h3,5,9,11-12H,4,6-8H2,1-2H3,(H,13,14). The Labute approximate surface area is 91.1 Å². The average molecular weight is 208 g/mol. The molecule has 0 saturated carbocycles. The van der Waals surface area contributed by atoms with Gasteiger partial charge in [-0.15, -0.1) is 0 Å². The highest BCUT2D eigenvalue weighted by atomic mass is 15.2. The lowest BCUT2D eigenvalue weighted by Gasteiger charge is -2.20. The summed E-state index contributed by atoms with van der Waals surface area (Å²) < 4.78 is 0. The van der Waals surface area contributed by atoms with E-state index in [0.29, 0.717) is 12.1 Å². The van der Waals surface area contributed by atoms with Crippen LogP contribution >= 0.6 is 0 Å². The Hall–Kier alpha value is -0.870. The number of nitrogens with one attached hydrogen (secondary N) is 2. The van der Waals surface area contributed by atoms with Crippen LogP contribution < -0.4 is 5.32 Å². The van der Waals surface area contributed by atoms with Crippen LogP contribution in [0.4, 0.5) is 0 Å². The molecule has 1 aliphatic heterocycles. The molecule has 0 spiro atoms. The van der Waals surface area contributed by atoms with Crippen molar-refractivity contribution >= 4 is 0 Å². The number of likely N-dealkylation sites (tertiary alicyclic amines) is 1. The topological polar surface area (TPSA) is 44.0 Å². The van der Waals surface area contributed by atoms with Crippen LogP contribution in [-0.2, 0) is 6.54 Å². The van der Waals surface area contributed by atoms with Gasteiger partial charge >= 0.3 is 0 Å². The van der Waals surface area contributed by atoms with Gasteiger partial charge in [0.05, 0.1) is 0 Å². The van der Waals surface area contributed by atoms with Gasteiger partial charge in [-0.25, -0.2) is 0 Å². The molecule has 4 nitrogen and oxygen atoms in total. The fourth-order valence-corrected chi connectivity index (χ4v) is 2.06. The van der Waals surface area contributed by atoms with Gasteiger partial charge in [-0.05, 0) is 32.9 Å². The Kier molecular flexibility index (Phi) is 3.38. The van der Waals surface area contributed by atoms with Gasteiger partial charge in [-0.2, -0.15) is 5.10 Å². The smallest absolute Gasteiger partial charge is 0.0490 e. The summed E-state index contributed by atoms with van der Waals surface area (Å²) in [6.45, 7) is 7.81. The molecule has 1 aromatic heterocycles. The molecule has 0 radical (unpaired) electrons. The molecule has 15 heavy (non-hydrogen) atoms. The van der Waals surface area contributed by atoms with E-state index < -0.39 is 0 Å². The van der Waals surface area contributed by atoms with E-state index in [1.807, 2.05) is 6.07 Å². The fraction of sp³-hybridized carbons (Fsp3) is 0.727. The zero-order valence-corrected chi connectivity index (χ0v) is 9.53. The first kappa shape index (κ1) is 10.6. The van der Waals surface area contributed by atoms with Gasteiger partial charge in [0, 0.05) is 37.1 Å². The molecule has 2 N–H and O–H groups in total. The molecular formula is C11H20N4. The number of rotatable bonds is 4. The van der Waals surface area contributed by atoms with Gasteiger partial charge in [0.15, 0.2) is 0 Å². The van der Waals surface area contributed by atoms with Gasteiger partial charge in [0.2, 0.25) is 0 Å². The van der Waals surface area contributed by atoms with E-state index in [0.717, 1.165) is 12.2 Å². The first-order valence-electron chi connectivity index (χ1n) is 5.71. The van der Waals surface area contributed by atoms with Gasteiger partial charge in [-0.1, -0.05) is 0 Å². The SMILES string of the molecule is CC(C)N1CCC(NCc2ccn[nH]2)C1. The molecule has 1 aliphatic rings. The van der Waals surface area contributed by atoms with E-state index in [2.05, 4.69) is 34.3 Å². The molecule has 1 atom stereocenters. The fourth-order valence-electron chi connectivity index (χ4n) is 2.06. The van der Waals surface area contributed by atoms with Crippen LogP contribution in [0.25, 0.3) is 0 Å². The van der Waals surface area contributed by atoms with Crippen LogP contribution in [0.2, 0.25) is 0 Å². The largest absolute Gasteiger partial charge is 0.307 e. The summed E-state index contributed by atoms with van der Waals surface area (Å²) in [5.41, 5.74) is 1.16. The quantitative estimate of drug-likeness (QED) is 0.775. The summed E-state index contributed by atoms with van der Waals surface area (Å²) in [5, 5.41) is 10.5. The normalized spacial score (nSPS) is 22.7. The summed E-state index contributed by atoms with van der Waals surface area (Å²) >= 11 is 0. The first-order chi connectivity index (χ1) is 7.25. The van der Waals surface area contributed by atoms with Crippen molar-refractivity contribution in [1.29, 1.82) is 0 Å². The number of hydrogen-bond acceptors (Lipinski definition) is 3. The summed E-state index contributed by atoms with van der Waals surface area (Å²) in [7, 11) is 0. The number of aromatic amines is 1. The van der Waals surface area contributed by atoms with Crippen molar-refractivity contribution in [2.24, 2.45) is 0 Å². The lowest BCUT2D eigenvalue weighted by atomic mass is 10.2. The summed E-state index contributed by atoms with van der Waals surface area (Å²) in [4.78, 5) is 2.52. The highest BCUT2D eigenvalue weighted by molar-refractivity contribution is 4.97. The van der Waals surface area contributed by atoms with Crippen molar-refractivity contribution in [2.75, 3.05) is 13.1 Å². The number of aromatic nitrogens is 2. The first-order valence-corrected chi connectivity index (χ1v) is 5.71. The Morgan fingerprint density at radius 3 is 3.13 bits per heavy atom. The van der Waals surface area contributed by atoms with E-state index in [1.54, 1.807) is 6.20 Å². The maximum Gasteiger partial charge on any atom is 0.0490 e. The Morgan fingerprint density at radius 2 is 2.53 bits per heavy atom. The van der Waals surface area contributed by atoms with Crippen molar-refractivity contribution in [3.8, 4) is 0 Å². The van der Waals surface area contributed by atoms with Crippen molar-refractivity contribution in [3.05, 3.63) is 18.0 Å². The van der Waals surface area contributed by atoms with E-state index in [9.17, 15) is 0 Å². The molecule has 2 heterocycles. The average Bonchev–Trinajstić information content (AvgIpc) is 2.86. The van der Waals surface area contributed by atoms with Gasteiger partial charge < -0.3 is 5.32 Å². The van der Waals surface area contributed by atoms with E-state index in [-0.39, 0.29) is 0 Å². The zero-order chi connectivity index (χ0) is 10.7. The maximum atomic E-state index is 3.94. The Morgan fingerprint density at radius 1 is 1.67 bits per heavy atom. The molecular weight excluding hydrogens is 188 g/mol. The van der Waals surface area contributed by atoms with Gasteiger partial charge in [-0.3, -0.25) is 10.00 Å². The molecule has 0 amide bonds. The summed E-state index contributed by atoms with van der Waals surface area (Å²) in [6.07, 6.45) is 3.05. The third-order valence-corrected chi connectivity index (χ3v) is 3.09. The summed E-state index contributed by atoms with van der Waals surface area (Å²) in [5.74, 6) is 0. The van der Waals surface area contributed by atoms with Gasteiger partial charge in [0.1, 0.15) is 0 Å². The minimum absolute atomic E-state index is 0.635. The zero-order valence-electron chi connectivity index (χ0n) is 9.53. The second-order valence-corrected chi connectivity index (χ2v) is 4.54. The van der Waals surface area contributed by atoms with Crippen LogP contribution in [0.15, 0.2) is 12.3 Å². The van der Waals surface area contributed by atoms with E-state index in [4.69, 9.17) is 0 Å². The minimum Gasteiger partial charge on any atom is -0.307 e. The van der Waals surface area contributed by atoms with E-state index in [1.165, 1.54) is 19.5 Å². The maximum absolute atomic E-state index is 3.94. The van der Waals surface area contributed by atoms with Crippen molar-refractivity contribution in [3.63, 3.8) is 0 Å². The highest BCUT2D eigenvalue weighted by Gasteiger charge is 2.23. The molecule has 0 aromatic carbocycles. The van der Waals surface area contributed by atoms with E-state index >= 15 is 0 Å². The lowest BCUT2D eigenvalue weighted by Crippen LogP contribution is -2.34. The molecule has 0 bridgehead atoms. The third kappa shape index (κ3) is 2.79. The molecule has 84 valence electrons. The molecule has 2 rings (SSSR count). The van der Waals surface area contributed by atoms with Crippen molar-refractivity contribution in [1.82, 2.24) is 20.4 Å². The molecule has 1 aromatic rings. The van der Waals surface area contributed by atoms with Crippen molar-refractivity contribution < 1.29 is 0 Å². The van der Waals surface area contributed by atoms with Crippen LogP contribution in [0.5, 0.6) is 0 Å². The molecule has 1 saturated heterocycles. The van der Waals surface area contributed by atoms with Crippen LogP contribution in [0, 0.1) is 0 Å². The Balaban J connectivity index is 1.73. The monoisotopic (exact) mass is 208 g/mol. The van der Waals surface area contributed by atoms with Crippen LogP contribution in [-0.4, -0.2) is 40.3 Å². The van der Waals surface area contributed by atoms with Crippen molar-refractivity contribution in [2.45, 2.75) is 38.9 Å². The number of nitrogens with zero attached hydrogens (tertiary/aromatic N) is 2.